The minimum atomic E-state index is -1.11. The highest BCUT2D eigenvalue weighted by Crippen LogP contribution is 2.41. The van der Waals surface area contributed by atoms with Crippen molar-refractivity contribution in [1.82, 2.24) is 0 Å². The van der Waals surface area contributed by atoms with E-state index in [4.69, 9.17) is 16.3 Å². The number of aliphatic hydroxyl groups excluding tert-OH is 1. The average Bonchev–Trinajstić information content (AvgIpc) is 2.91. The van der Waals surface area contributed by atoms with Crippen LogP contribution in [0.15, 0.2) is 115 Å². The molecule has 0 spiro atoms. The summed E-state index contributed by atoms with van der Waals surface area (Å²) in [5, 5.41) is 21.6. The number of aliphatic hydroxyl groups is 1. The molecule has 0 amide bonds. The van der Waals surface area contributed by atoms with Crippen molar-refractivity contribution in [3.8, 4) is 0 Å². The number of carboxylic acids is 1. The third-order valence-electron chi connectivity index (χ3n) is 6.42. The Morgan fingerprint density at radius 1 is 0.778 bits per heavy atom. The molecule has 0 aliphatic heterocycles. The molecular weight excluding hydrogens is 472 g/mol. The van der Waals surface area contributed by atoms with Crippen LogP contribution in [0.3, 0.4) is 0 Å². The number of hydrogen-bond donors (Lipinski definition) is 2. The molecule has 2 N–H and O–H groups in total. The number of benzene rings is 4. The van der Waals surface area contributed by atoms with Gasteiger partial charge in [-0.1, -0.05) is 115 Å². The van der Waals surface area contributed by atoms with Crippen molar-refractivity contribution in [3.05, 3.63) is 143 Å². The first-order chi connectivity index (χ1) is 17.5. The maximum atomic E-state index is 12.3. The van der Waals surface area contributed by atoms with Crippen molar-refractivity contribution in [1.29, 1.82) is 0 Å². The molecule has 36 heavy (non-hydrogen) atoms. The molecule has 4 aromatic carbocycles. The molecule has 0 saturated carbocycles. The summed E-state index contributed by atoms with van der Waals surface area (Å²) < 4.78 is 6.64. The molecule has 0 saturated heterocycles. The highest BCUT2D eigenvalue weighted by Gasteiger charge is 2.39. The van der Waals surface area contributed by atoms with Gasteiger partial charge in [-0.2, -0.15) is 0 Å². The topological polar surface area (TPSA) is 66.8 Å². The second kappa shape index (κ2) is 12.0. The van der Waals surface area contributed by atoms with E-state index < -0.39 is 23.6 Å². The lowest BCUT2D eigenvalue weighted by molar-refractivity contribution is -0.151. The van der Waals surface area contributed by atoms with Crippen LogP contribution in [0.25, 0.3) is 0 Å². The van der Waals surface area contributed by atoms with Crippen LogP contribution >= 0.6 is 11.6 Å². The summed E-state index contributed by atoms with van der Waals surface area (Å²) in [5.74, 6) is -2.21. The number of ether oxygens (including phenoxy) is 1. The van der Waals surface area contributed by atoms with Gasteiger partial charge < -0.3 is 14.9 Å². The van der Waals surface area contributed by atoms with Crippen LogP contribution in [-0.2, 0) is 21.6 Å². The summed E-state index contributed by atoms with van der Waals surface area (Å²) in [7, 11) is 0. The van der Waals surface area contributed by atoms with Crippen molar-refractivity contribution in [2.75, 3.05) is 6.61 Å². The van der Waals surface area contributed by atoms with Crippen LogP contribution in [0.2, 0.25) is 5.02 Å². The lowest BCUT2D eigenvalue weighted by atomic mass is 9.80. The van der Waals surface area contributed by atoms with Gasteiger partial charge in [0.2, 0.25) is 0 Å². The van der Waals surface area contributed by atoms with Crippen molar-refractivity contribution >= 4 is 17.6 Å². The number of carbonyl (C=O) groups is 1. The Morgan fingerprint density at radius 2 is 1.28 bits per heavy atom. The minimum absolute atomic E-state index is 0.176. The van der Waals surface area contributed by atoms with E-state index in [2.05, 4.69) is 0 Å². The maximum Gasteiger partial charge on any atom is 0.311 e. The molecule has 4 nitrogen and oxygen atoms in total. The molecule has 5 heteroatoms. The van der Waals surface area contributed by atoms with Gasteiger partial charge in [-0.3, -0.25) is 4.79 Å². The Balaban J connectivity index is 1.66. The summed E-state index contributed by atoms with van der Waals surface area (Å²) in [6, 6.07) is 36.7. The fraction of sp³-hybridized carbons (Fsp3) is 0.194. The molecule has 184 valence electrons. The number of carboxylic acid groups (broad SMARTS) is 1. The lowest BCUT2D eigenvalue weighted by Crippen LogP contribution is -2.39. The zero-order valence-electron chi connectivity index (χ0n) is 19.8. The summed E-state index contributed by atoms with van der Waals surface area (Å²) in [5.41, 5.74) is 2.52. The molecule has 0 unspecified atom stereocenters. The Morgan fingerprint density at radius 3 is 1.72 bits per heavy atom. The van der Waals surface area contributed by atoms with Gasteiger partial charge in [-0.15, -0.1) is 0 Å². The van der Waals surface area contributed by atoms with Gasteiger partial charge in [0.25, 0.3) is 0 Å². The SMILES string of the molecule is O=C(O)[C@@H](COC(c1ccccc1)(c1ccccc1)c1ccccc1)[C@@H](O)CCc1cccc(Cl)c1. The summed E-state index contributed by atoms with van der Waals surface area (Å²) in [6.07, 6.45) is -0.316. The van der Waals surface area contributed by atoms with E-state index in [1.807, 2.05) is 109 Å². The predicted octanol–water partition coefficient (Wildman–Crippen LogP) is 6.34. The zero-order chi connectivity index (χ0) is 25.4. The van der Waals surface area contributed by atoms with Gasteiger partial charge in [0.15, 0.2) is 0 Å². The normalized spacial score (nSPS) is 13.2. The summed E-state index contributed by atoms with van der Waals surface area (Å²) >= 11 is 6.07. The van der Waals surface area contributed by atoms with Gasteiger partial charge in [-0.25, -0.2) is 0 Å². The molecule has 0 aliphatic rings. The highest BCUT2D eigenvalue weighted by atomic mass is 35.5. The van der Waals surface area contributed by atoms with Gasteiger partial charge in [0.1, 0.15) is 11.5 Å². The van der Waals surface area contributed by atoms with E-state index in [1.54, 1.807) is 6.07 Å². The quantitative estimate of drug-likeness (QED) is 0.236. The fourth-order valence-electron chi connectivity index (χ4n) is 4.54. The van der Waals surface area contributed by atoms with Gasteiger partial charge in [0, 0.05) is 5.02 Å². The molecule has 0 aliphatic carbocycles. The third kappa shape index (κ3) is 5.85. The fourth-order valence-corrected chi connectivity index (χ4v) is 4.75. The first-order valence-corrected chi connectivity index (χ1v) is 12.3. The second-order valence-corrected chi connectivity index (χ2v) is 9.21. The molecule has 0 radical (unpaired) electrons. The van der Waals surface area contributed by atoms with Gasteiger partial charge in [0.05, 0.1) is 12.7 Å². The van der Waals surface area contributed by atoms with E-state index in [0.717, 1.165) is 22.3 Å². The smallest absolute Gasteiger partial charge is 0.311 e. The van der Waals surface area contributed by atoms with Gasteiger partial charge in [-0.05, 0) is 47.2 Å². The Hall–Kier alpha value is -3.44. The first kappa shape index (κ1) is 25.6. The van der Waals surface area contributed by atoms with Crippen LogP contribution < -0.4 is 0 Å². The predicted molar refractivity (Wildman–Crippen MR) is 142 cm³/mol. The number of hydrogen-bond acceptors (Lipinski definition) is 3. The monoisotopic (exact) mass is 500 g/mol. The molecule has 0 heterocycles. The number of aryl methyl sites for hydroxylation is 1. The van der Waals surface area contributed by atoms with E-state index in [1.165, 1.54) is 0 Å². The summed E-state index contributed by atoms with van der Waals surface area (Å²) in [4.78, 5) is 12.3. The Labute approximate surface area is 216 Å². The van der Waals surface area contributed by atoms with E-state index >= 15 is 0 Å². The largest absolute Gasteiger partial charge is 0.481 e. The highest BCUT2D eigenvalue weighted by molar-refractivity contribution is 6.30. The Kier molecular flexibility index (Phi) is 8.55. The average molecular weight is 501 g/mol. The zero-order valence-corrected chi connectivity index (χ0v) is 20.6. The van der Waals surface area contributed by atoms with E-state index in [0.29, 0.717) is 11.4 Å². The van der Waals surface area contributed by atoms with Crippen molar-refractivity contribution < 1.29 is 19.7 Å². The van der Waals surface area contributed by atoms with E-state index in [-0.39, 0.29) is 13.0 Å². The van der Waals surface area contributed by atoms with Crippen LogP contribution in [0.1, 0.15) is 28.7 Å². The van der Waals surface area contributed by atoms with Gasteiger partial charge >= 0.3 is 5.97 Å². The molecule has 4 rings (SSSR count). The lowest BCUT2D eigenvalue weighted by Gasteiger charge is -2.37. The molecular formula is C31H29ClO4. The molecule has 0 bridgehead atoms. The van der Waals surface area contributed by atoms with Crippen LogP contribution in [0, 0.1) is 5.92 Å². The van der Waals surface area contributed by atoms with Crippen molar-refractivity contribution in [2.24, 2.45) is 5.92 Å². The minimum Gasteiger partial charge on any atom is -0.481 e. The number of rotatable bonds is 11. The van der Waals surface area contributed by atoms with Crippen LogP contribution in [0.5, 0.6) is 0 Å². The first-order valence-electron chi connectivity index (χ1n) is 12.0. The second-order valence-electron chi connectivity index (χ2n) is 8.77. The van der Waals surface area contributed by atoms with Crippen molar-refractivity contribution in [2.45, 2.75) is 24.5 Å². The standard InChI is InChI=1S/C31H29ClO4/c32-27-18-10-11-23(21-27)19-20-29(33)28(30(34)35)22-36-31(24-12-4-1-5-13-24,25-14-6-2-7-15-25)26-16-8-3-9-17-26/h1-18,21,28-29,33H,19-20,22H2,(H,34,35)/t28-,29-/m0/s1. The number of aliphatic carboxylic acids is 1. The molecule has 0 aromatic heterocycles. The molecule has 2 atom stereocenters. The third-order valence-corrected chi connectivity index (χ3v) is 6.65. The van der Waals surface area contributed by atoms with Crippen LogP contribution in [-0.4, -0.2) is 28.9 Å². The Bertz CT molecular complexity index is 1150. The van der Waals surface area contributed by atoms with Crippen molar-refractivity contribution in [3.63, 3.8) is 0 Å². The van der Waals surface area contributed by atoms with E-state index in [9.17, 15) is 15.0 Å². The molecule has 4 aromatic rings. The number of halogens is 1. The molecule has 0 fully saturated rings. The maximum absolute atomic E-state index is 12.3. The summed E-state index contributed by atoms with van der Waals surface area (Å²) in [6.45, 7) is -0.176. The van der Waals surface area contributed by atoms with Crippen LogP contribution in [0.4, 0.5) is 0 Å².